The van der Waals surface area contributed by atoms with Gasteiger partial charge < -0.3 is 5.32 Å². The number of amides is 1. The number of hydrogen-bond donors (Lipinski definition) is 1. The zero-order valence-corrected chi connectivity index (χ0v) is 14.1. The van der Waals surface area contributed by atoms with E-state index >= 15 is 0 Å². The van der Waals surface area contributed by atoms with Gasteiger partial charge in [0, 0.05) is 31.1 Å². The fourth-order valence-corrected chi connectivity index (χ4v) is 3.39. The number of nitrogens with one attached hydrogen (secondary N) is 1. The summed E-state index contributed by atoms with van der Waals surface area (Å²) in [5.74, 6) is -0.0858. The van der Waals surface area contributed by atoms with E-state index < -0.39 is 0 Å². The van der Waals surface area contributed by atoms with Crippen LogP contribution >= 0.6 is 0 Å². The summed E-state index contributed by atoms with van der Waals surface area (Å²) >= 11 is 0. The number of benzene rings is 2. The third kappa shape index (κ3) is 3.69. The van der Waals surface area contributed by atoms with E-state index in [4.69, 9.17) is 0 Å². The first-order valence-corrected chi connectivity index (χ1v) is 8.71. The molecular formula is C21H21N3O. The molecule has 1 atom stereocenters. The van der Waals surface area contributed by atoms with Crippen LogP contribution in [0.3, 0.4) is 0 Å². The molecule has 3 aromatic rings. The van der Waals surface area contributed by atoms with E-state index in [2.05, 4.69) is 39.5 Å². The monoisotopic (exact) mass is 331 g/mol. The second kappa shape index (κ2) is 7.03. The smallest absolute Gasteiger partial charge is 0.270 e. The van der Waals surface area contributed by atoms with Crippen LogP contribution in [0, 0.1) is 0 Å². The van der Waals surface area contributed by atoms with Crippen molar-refractivity contribution in [2.24, 2.45) is 0 Å². The number of carbonyl (C=O) groups excluding carboxylic acids is 1. The maximum atomic E-state index is 12.5. The van der Waals surface area contributed by atoms with E-state index in [1.807, 2.05) is 36.4 Å². The third-order valence-corrected chi connectivity index (χ3v) is 4.69. The molecule has 0 radical (unpaired) electrons. The quantitative estimate of drug-likeness (QED) is 0.798. The number of rotatable bonds is 4. The number of hydrogen-bond acceptors (Lipinski definition) is 3. The van der Waals surface area contributed by atoms with Crippen LogP contribution in [0.5, 0.6) is 0 Å². The molecule has 1 aliphatic heterocycles. The highest BCUT2D eigenvalue weighted by molar-refractivity contribution is 5.95. The summed E-state index contributed by atoms with van der Waals surface area (Å²) in [6, 6.07) is 22.2. The number of carbonyl (C=O) groups is 1. The molecule has 2 aromatic carbocycles. The van der Waals surface area contributed by atoms with Crippen molar-refractivity contribution in [1.29, 1.82) is 0 Å². The van der Waals surface area contributed by atoms with Gasteiger partial charge in [0.05, 0.1) is 5.52 Å². The Balaban J connectivity index is 1.37. The van der Waals surface area contributed by atoms with E-state index in [-0.39, 0.29) is 11.9 Å². The molecule has 1 N–H and O–H groups in total. The topological polar surface area (TPSA) is 45.2 Å². The Morgan fingerprint density at radius 3 is 2.72 bits per heavy atom. The van der Waals surface area contributed by atoms with Crippen LogP contribution in [0.15, 0.2) is 66.7 Å². The molecular weight excluding hydrogens is 310 g/mol. The molecule has 1 aromatic heterocycles. The van der Waals surface area contributed by atoms with Crippen molar-refractivity contribution >= 4 is 16.8 Å². The Morgan fingerprint density at radius 2 is 1.84 bits per heavy atom. The minimum absolute atomic E-state index is 0.0858. The van der Waals surface area contributed by atoms with E-state index in [9.17, 15) is 4.79 Å². The van der Waals surface area contributed by atoms with Gasteiger partial charge in [-0.15, -0.1) is 0 Å². The zero-order chi connectivity index (χ0) is 17.1. The molecule has 4 rings (SSSR count). The molecule has 4 heteroatoms. The Kier molecular flexibility index (Phi) is 4.44. The summed E-state index contributed by atoms with van der Waals surface area (Å²) in [5.41, 5.74) is 2.65. The third-order valence-electron chi connectivity index (χ3n) is 4.69. The van der Waals surface area contributed by atoms with Crippen LogP contribution in [0.4, 0.5) is 0 Å². The van der Waals surface area contributed by atoms with E-state index in [0.29, 0.717) is 5.69 Å². The maximum absolute atomic E-state index is 12.5. The van der Waals surface area contributed by atoms with Crippen molar-refractivity contribution in [2.45, 2.75) is 19.0 Å². The number of likely N-dealkylation sites (tertiary alicyclic amines) is 1. The van der Waals surface area contributed by atoms with Gasteiger partial charge in [-0.2, -0.15) is 0 Å². The van der Waals surface area contributed by atoms with Crippen LogP contribution in [-0.4, -0.2) is 34.9 Å². The van der Waals surface area contributed by atoms with E-state index in [1.165, 1.54) is 5.56 Å². The first-order valence-electron chi connectivity index (χ1n) is 8.71. The molecule has 0 bridgehead atoms. The lowest BCUT2D eigenvalue weighted by atomic mass is 10.2. The lowest BCUT2D eigenvalue weighted by Crippen LogP contribution is -2.37. The van der Waals surface area contributed by atoms with Gasteiger partial charge in [0.15, 0.2) is 0 Å². The molecule has 1 saturated heterocycles. The molecule has 0 unspecified atom stereocenters. The first kappa shape index (κ1) is 15.8. The minimum atomic E-state index is -0.0858. The predicted molar refractivity (Wildman–Crippen MR) is 99.3 cm³/mol. The van der Waals surface area contributed by atoms with Gasteiger partial charge in [0.1, 0.15) is 5.69 Å². The van der Waals surface area contributed by atoms with E-state index in [0.717, 1.165) is 37.0 Å². The van der Waals surface area contributed by atoms with Crippen molar-refractivity contribution < 1.29 is 4.79 Å². The van der Waals surface area contributed by atoms with Gasteiger partial charge in [-0.25, -0.2) is 4.98 Å². The summed E-state index contributed by atoms with van der Waals surface area (Å²) in [7, 11) is 0. The fourth-order valence-electron chi connectivity index (χ4n) is 3.39. The summed E-state index contributed by atoms with van der Waals surface area (Å²) in [6.07, 6.45) is 0.978. The molecule has 1 fully saturated rings. The van der Waals surface area contributed by atoms with Crippen molar-refractivity contribution in [1.82, 2.24) is 15.2 Å². The highest BCUT2D eigenvalue weighted by Crippen LogP contribution is 2.15. The normalized spacial score (nSPS) is 17.7. The Labute approximate surface area is 147 Å². The van der Waals surface area contributed by atoms with Crippen molar-refractivity contribution in [3.05, 3.63) is 78.0 Å². The van der Waals surface area contributed by atoms with Crippen LogP contribution in [-0.2, 0) is 6.54 Å². The van der Waals surface area contributed by atoms with Crippen LogP contribution in [0.25, 0.3) is 10.9 Å². The van der Waals surface area contributed by atoms with Crippen molar-refractivity contribution in [2.75, 3.05) is 13.1 Å². The Hall–Kier alpha value is -2.72. The molecule has 1 amide bonds. The van der Waals surface area contributed by atoms with Gasteiger partial charge >= 0.3 is 0 Å². The molecule has 4 nitrogen and oxygen atoms in total. The molecule has 1 aliphatic rings. The van der Waals surface area contributed by atoms with Gasteiger partial charge in [-0.3, -0.25) is 9.69 Å². The Bertz CT molecular complexity index is 878. The number of nitrogens with zero attached hydrogens (tertiary/aromatic N) is 2. The number of pyridine rings is 1. The van der Waals surface area contributed by atoms with Crippen LogP contribution in [0.2, 0.25) is 0 Å². The Morgan fingerprint density at radius 1 is 1.04 bits per heavy atom. The summed E-state index contributed by atoms with van der Waals surface area (Å²) < 4.78 is 0. The molecule has 2 heterocycles. The van der Waals surface area contributed by atoms with Gasteiger partial charge in [-0.05, 0) is 24.1 Å². The largest absolute Gasteiger partial charge is 0.347 e. The highest BCUT2D eigenvalue weighted by Gasteiger charge is 2.24. The first-order chi connectivity index (χ1) is 12.3. The average Bonchev–Trinajstić information content (AvgIpc) is 3.09. The van der Waals surface area contributed by atoms with Crippen molar-refractivity contribution in [3.8, 4) is 0 Å². The summed E-state index contributed by atoms with van der Waals surface area (Å²) in [6.45, 7) is 2.82. The lowest BCUT2D eigenvalue weighted by Gasteiger charge is -2.16. The minimum Gasteiger partial charge on any atom is -0.347 e. The van der Waals surface area contributed by atoms with Crippen molar-refractivity contribution in [3.63, 3.8) is 0 Å². The van der Waals surface area contributed by atoms with Gasteiger partial charge in [0.25, 0.3) is 5.91 Å². The molecule has 0 aliphatic carbocycles. The number of aromatic nitrogens is 1. The molecule has 0 saturated carbocycles. The summed E-state index contributed by atoms with van der Waals surface area (Å²) in [5, 5.41) is 4.18. The van der Waals surface area contributed by atoms with Gasteiger partial charge in [-0.1, -0.05) is 54.6 Å². The average molecular weight is 331 g/mol. The lowest BCUT2D eigenvalue weighted by molar-refractivity contribution is 0.0933. The molecule has 25 heavy (non-hydrogen) atoms. The van der Waals surface area contributed by atoms with E-state index in [1.54, 1.807) is 6.07 Å². The highest BCUT2D eigenvalue weighted by atomic mass is 16.1. The molecule has 0 spiro atoms. The standard InChI is InChI=1S/C21H21N3O/c25-21(20-11-10-17-8-4-5-9-19(17)23-20)22-18-12-13-24(15-18)14-16-6-2-1-3-7-16/h1-11,18H,12-15H2,(H,22,25)/t18-/m1/s1. The van der Waals surface area contributed by atoms with Gasteiger partial charge in [0.2, 0.25) is 0 Å². The van der Waals surface area contributed by atoms with Crippen LogP contribution in [0.1, 0.15) is 22.5 Å². The second-order valence-electron chi connectivity index (χ2n) is 6.57. The zero-order valence-electron chi connectivity index (χ0n) is 14.1. The fraction of sp³-hybridized carbons (Fsp3) is 0.238. The molecule has 126 valence electrons. The second-order valence-corrected chi connectivity index (χ2v) is 6.57. The maximum Gasteiger partial charge on any atom is 0.270 e. The summed E-state index contributed by atoms with van der Waals surface area (Å²) in [4.78, 5) is 19.4. The number of para-hydroxylation sites is 1. The SMILES string of the molecule is O=C(N[C@@H]1CCN(Cc2ccccc2)C1)c1ccc2ccccc2n1. The predicted octanol–water partition coefficient (Wildman–Crippen LogP) is 3.24. The number of fused-ring (bicyclic) bond motifs is 1. The van der Waals surface area contributed by atoms with Crippen LogP contribution < -0.4 is 5.32 Å².